The Morgan fingerprint density at radius 2 is 2.31 bits per heavy atom. The molecule has 0 aromatic carbocycles. The summed E-state index contributed by atoms with van der Waals surface area (Å²) in [6.45, 7) is 6.03. The van der Waals surface area contributed by atoms with E-state index in [2.05, 4.69) is 15.5 Å². The van der Waals surface area contributed by atoms with Gasteiger partial charge < -0.3 is 11.1 Å². The molecule has 5 nitrogen and oxygen atoms in total. The van der Waals surface area contributed by atoms with E-state index in [-0.39, 0.29) is 11.9 Å². The first-order valence-electron chi connectivity index (χ1n) is 5.62. The molecule has 1 aromatic rings. The van der Waals surface area contributed by atoms with Crippen molar-refractivity contribution in [3.63, 3.8) is 0 Å². The number of aromatic nitrogens is 2. The van der Waals surface area contributed by atoms with Gasteiger partial charge in [-0.05, 0) is 12.3 Å². The summed E-state index contributed by atoms with van der Waals surface area (Å²) in [7, 11) is 0. The third kappa shape index (κ3) is 3.34. The SMILES string of the molecule is CCc1cn[nH]c1NC(=O)CC(N)C(C)C. The Morgan fingerprint density at radius 3 is 2.88 bits per heavy atom. The fourth-order valence-electron chi connectivity index (χ4n) is 1.33. The summed E-state index contributed by atoms with van der Waals surface area (Å²) in [5, 5.41) is 9.45. The average molecular weight is 224 g/mol. The van der Waals surface area contributed by atoms with Gasteiger partial charge in [0.2, 0.25) is 5.91 Å². The Kier molecular flexibility index (Phi) is 4.49. The summed E-state index contributed by atoms with van der Waals surface area (Å²) >= 11 is 0. The van der Waals surface area contributed by atoms with Crippen LogP contribution in [-0.4, -0.2) is 22.1 Å². The van der Waals surface area contributed by atoms with Gasteiger partial charge in [0.05, 0.1) is 6.20 Å². The van der Waals surface area contributed by atoms with Crippen LogP contribution in [0.4, 0.5) is 5.82 Å². The lowest BCUT2D eigenvalue weighted by atomic mass is 10.0. The number of aryl methyl sites for hydroxylation is 1. The smallest absolute Gasteiger partial charge is 0.227 e. The van der Waals surface area contributed by atoms with Crippen molar-refractivity contribution in [2.75, 3.05) is 5.32 Å². The van der Waals surface area contributed by atoms with Crippen molar-refractivity contribution < 1.29 is 4.79 Å². The zero-order valence-corrected chi connectivity index (χ0v) is 10.1. The Balaban J connectivity index is 2.52. The maximum atomic E-state index is 11.7. The van der Waals surface area contributed by atoms with Gasteiger partial charge in [0.15, 0.2) is 0 Å². The summed E-state index contributed by atoms with van der Waals surface area (Å²) < 4.78 is 0. The number of amides is 1. The second kappa shape index (κ2) is 5.65. The minimum atomic E-state index is -0.104. The molecule has 0 aliphatic carbocycles. The second-order valence-corrected chi connectivity index (χ2v) is 4.28. The van der Waals surface area contributed by atoms with Crippen LogP contribution in [0.3, 0.4) is 0 Å². The first-order chi connectivity index (χ1) is 7.54. The molecule has 1 atom stereocenters. The highest BCUT2D eigenvalue weighted by Gasteiger charge is 2.14. The quantitative estimate of drug-likeness (QED) is 0.704. The molecular formula is C11H20N4O. The van der Waals surface area contributed by atoms with E-state index < -0.39 is 0 Å². The molecule has 1 heterocycles. The number of carbonyl (C=O) groups is 1. The van der Waals surface area contributed by atoms with Gasteiger partial charge in [0, 0.05) is 18.0 Å². The first-order valence-corrected chi connectivity index (χ1v) is 5.62. The molecule has 5 heteroatoms. The molecule has 0 radical (unpaired) electrons. The van der Waals surface area contributed by atoms with Gasteiger partial charge in [0.25, 0.3) is 0 Å². The Labute approximate surface area is 95.8 Å². The highest BCUT2D eigenvalue weighted by Crippen LogP contribution is 2.12. The van der Waals surface area contributed by atoms with Gasteiger partial charge in [-0.1, -0.05) is 20.8 Å². The number of hydrogen-bond donors (Lipinski definition) is 3. The first kappa shape index (κ1) is 12.7. The van der Waals surface area contributed by atoms with Gasteiger partial charge in [-0.15, -0.1) is 0 Å². The molecule has 90 valence electrons. The molecule has 0 aliphatic rings. The van der Waals surface area contributed by atoms with Crippen molar-refractivity contribution in [1.82, 2.24) is 10.2 Å². The molecular weight excluding hydrogens is 204 g/mol. The third-order valence-corrected chi connectivity index (χ3v) is 2.64. The number of carbonyl (C=O) groups excluding carboxylic acids is 1. The van der Waals surface area contributed by atoms with E-state index in [0.29, 0.717) is 18.2 Å². The molecule has 1 rings (SSSR count). The molecule has 0 bridgehead atoms. The van der Waals surface area contributed by atoms with Crippen molar-refractivity contribution >= 4 is 11.7 Å². The molecule has 1 aromatic heterocycles. The van der Waals surface area contributed by atoms with Gasteiger partial charge >= 0.3 is 0 Å². The van der Waals surface area contributed by atoms with Gasteiger partial charge in [-0.25, -0.2) is 0 Å². The van der Waals surface area contributed by atoms with Crippen LogP contribution in [-0.2, 0) is 11.2 Å². The van der Waals surface area contributed by atoms with Crippen molar-refractivity contribution in [2.45, 2.75) is 39.7 Å². The number of rotatable bonds is 5. The molecule has 4 N–H and O–H groups in total. The Bertz CT molecular complexity index is 346. The second-order valence-electron chi connectivity index (χ2n) is 4.28. The normalized spacial score (nSPS) is 12.8. The zero-order valence-electron chi connectivity index (χ0n) is 10.1. The Morgan fingerprint density at radius 1 is 1.62 bits per heavy atom. The number of nitrogens with zero attached hydrogens (tertiary/aromatic N) is 1. The van der Waals surface area contributed by atoms with Crippen LogP contribution >= 0.6 is 0 Å². The van der Waals surface area contributed by atoms with E-state index in [1.165, 1.54) is 0 Å². The standard InChI is InChI=1S/C11H20N4O/c1-4-8-6-13-15-11(8)14-10(16)5-9(12)7(2)3/h6-7,9H,4-5,12H2,1-3H3,(H2,13,14,15,16). The van der Waals surface area contributed by atoms with E-state index in [4.69, 9.17) is 5.73 Å². The van der Waals surface area contributed by atoms with E-state index in [9.17, 15) is 4.79 Å². The van der Waals surface area contributed by atoms with Gasteiger partial charge in [0.1, 0.15) is 5.82 Å². The number of H-pyrrole nitrogens is 1. The van der Waals surface area contributed by atoms with Crippen molar-refractivity contribution in [3.05, 3.63) is 11.8 Å². The lowest BCUT2D eigenvalue weighted by molar-refractivity contribution is -0.116. The zero-order chi connectivity index (χ0) is 12.1. The maximum Gasteiger partial charge on any atom is 0.227 e. The van der Waals surface area contributed by atoms with Crippen LogP contribution < -0.4 is 11.1 Å². The van der Waals surface area contributed by atoms with E-state index >= 15 is 0 Å². The predicted molar refractivity (Wildman–Crippen MR) is 64.0 cm³/mol. The fourth-order valence-corrected chi connectivity index (χ4v) is 1.33. The van der Waals surface area contributed by atoms with E-state index in [1.807, 2.05) is 20.8 Å². The summed E-state index contributed by atoms with van der Waals surface area (Å²) in [6.07, 6.45) is 2.89. The molecule has 0 spiro atoms. The summed E-state index contributed by atoms with van der Waals surface area (Å²) in [4.78, 5) is 11.7. The summed E-state index contributed by atoms with van der Waals surface area (Å²) in [6, 6.07) is -0.104. The highest BCUT2D eigenvalue weighted by molar-refractivity contribution is 5.90. The number of nitrogens with two attached hydrogens (primary N) is 1. The largest absolute Gasteiger partial charge is 0.327 e. The molecule has 1 unspecified atom stereocenters. The lowest BCUT2D eigenvalue weighted by Crippen LogP contribution is -2.31. The number of hydrogen-bond acceptors (Lipinski definition) is 3. The van der Waals surface area contributed by atoms with Gasteiger partial charge in [-0.3, -0.25) is 9.89 Å². The van der Waals surface area contributed by atoms with Crippen molar-refractivity contribution in [2.24, 2.45) is 11.7 Å². The summed E-state index contributed by atoms with van der Waals surface area (Å²) in [5.74, 6) is 0.918. The number of nitrogens with one attached hydrogen (secondary N) is 2. The number of anilines is 1. The molecule has 0 saturated heterocycles. The van der Waals surface area contributed by atoms with E-state index in [0.717, 1.165) is 12.0 Å². The average Bonchev–Trinajstić information content (AvgIpc) is 2.64. The van der Waals surface area contributed by atoms with Crippen molar-refractivity contribution in [3.8, 4) is 0 Å². The number of aromatic amines is 1. The molecule has 16 heavy (non-hydrogen) atoms. The minimum absolute atomic E-state index is 0.0693. The van der Waals surface area contributed by atoms with E-state index in [1.54, 1.807) is 6.20 Å². The fraction of sp³-hybridized carbons (Fsp3) is 0.636. The van der Waals surface area contributed by atoms with Crippen LogP contribution in [0.15, 0.2) is 6.20 Å². The maximum absolute atomic E-state index is 11.7. The molecule has 0 saturated carbocycles. The summed E-state index contributed by atoms with van der Waals surface area (Å²) in [5.41, 5.74) is 6.84. The minimum Gasteiger partial charge on any atom is -0.327 e. The lowest BCUT2D eigenvalue weighted by Gasteiger charge is -2.14. The van der Waals surface area contributed by atoms with Crippen LogP contribution in [0, 0.1) is 5.92 Å². The highest BCUT2D eigenvalue weighted by atomic mass is 16.1. The topological polar surface area (TPSA) is 83.8 Å². The van der Waals surface area contributed by atoms with Crippen LogP contribution in [0.1, 0.15) is 32.8 Å². The van der Waals surface area contributed by atoms with Crippen LogP contribution in [0.5, 0.6) is 0 Å². The third-order valence-electron chi connectivity index (χ3n) is 2.64. The van der Waals surface area contributed by atoms with Crippen LogP contribution in [0.25, 0.3) is 0 Å². The molecule has 1 amide bonds. The van der Waals surface area contributed by atoms with Gasteiger partial charge in [-0.2, -0.15) is 5.10 Å². The predicted octanol–water partition coefficient (Wildman–Crippen LogP) is 1.28. The molecule has 0 fully saturated rings. The Hall–Kier alpha value is -1.36. The van der Waals surface area contributed by atoms with Crippen molar-refractivity contribution in [1.29, 1.82) is 0 Å². The monoisotopic (exact) mass is 224 g/mol. The van der Waals surface area contributed by atoms with Crippen LogP contribution in [0.2, 0.25) is 0 Å². The molecule has 0 aliphatic heterocycles.